The smallest absolute Gasteiger partial charge is 0.278 e. The highest BCUT2D eigenvalue weighted by atomic mass is 16.5. The Hall–Kier alpha value is -2.30. The van der Waals surface area contributed by atoms with Crippen LogP contribution in [0.2, 0.25) is 0 Å². The van der Waals surface area contributed by atoms with Gasteiger partial charge >= 0.3 is 0 Å². The molecule has 0 spiro atoms. The third-order valence-electron chi connectivity index (χ3n) is 3.61. The van der Waals surface area contributed by atoms with Gasteiger partial charge in [0.1, 0.15) is 11.5 Å². The minimum absolute atomic E-state index is 0.110. The van der Waals surface area contributed by atoms with Crippen LogP contribution in [0.15, 0.2) is 28.8 Å². The van der Waals surface area contributed by atoms with Gasteiger partial charge in [0.2, 0.25) is 0 Å². The first-order valence-corrected chi connectivity index (χ1v) is 6.71. The van der Waals surface area contributed by atoms with Gasteiger partial charge in [0.25, 0.3) is 5.91 Å². The summed E-state index contributed by atoms with van der Waals surface area (Å²) in [5.41, 5.74) is 1.81. The second kappa shape index (κ2) is 5.00. The molecule has 5 nitrogen and oxygen atoms in total. The average molecular weight is 272 g/mol. The lowest BCUT2D eigenvalue weighted by Gasteiger charge is -2.16. The van der Waals surface area contributed by atoms with Gasteiger partial charge < -0.3 is 14.9 Å². The molecule has 0 bridgehead atoms. The Bertz CT molecular complexity index is 648. The summed E-state index contributed by atoms with van der Waals surface area (Å²) in [5, 5.41) is 16.0. The molecule has 1 amide bonds. The maximum atomic E-state index is 12.2. The summed E-state index contributed by atoms with van der Waals surface area (Å²) in [6.45, 7) is 2.16. The van der Waals surface area contributed by atoms with E-state index in [2.05, 4.69) is 17.4 Å². The van der Waals surface area contributed by atoms with Crippen molar-refractivity contribution < 1.29 is 14.4 Å². The maximum Gasteiger partial charge on any atom is 0.278 e. The lowest BCUT2D eigenvalue weighted by Crippen LogP contribution is -2.17. The van der Waals surface area contributed by atoms with E-state index < -0.39 is 0 Å². The first-order valence-electron chi connectivity index (χ1n) is 6.71. The van der Waals surface area contributed by atoms with Crippen LogP contribution in [0, 0.1) is 5.92 Å². The lowest BCUT2D eigenvalue weighted by atomic mass is 9.88. The number of nitrogens with one attached hydrogen (secondary N) is 1. The highest BCUT2D eigenvalue weighted by Crippen LogP contribution is 2.28. The van der Waals surface area contributed by atoms with Gasteiger partial charge in [0.15, 0.2) is 5.69 Å². The van der Waals surface area contributed by atoms with E-state index in [0.717, 1.165) is 30.6 Å². The van der Waals surface area contributed by atoms with Gasteiger partial charge in [-0.05, 0) is 30.9 Å². The van der Waals surface area contributed by atoms with Gasteiger partial charge in [-0.1, -0.05) is 18.1 Å². The molecule has 1 atom stereocenters. The molecule has 2 aromatic rings. The van der Waals surface area contributed by atoms with Crippen LogP contribution < -0.4 is 5.32 Å². The van der Waals surface area contributed by atoms with Crippen molar-refractivity contribution in [3.05, 3.63) is 41.3 Å². The van der Waals surface area contributed by atoms with Crippen molar-refractivity contribution in [3.8, 4) is 5.75 Å². The number of nitrogens with zero attached hydrogens (tertiary/aromatic N) is 1. The van der Waals surface area contributed by atoms with E-state index in [4.69, 9.17) is 4.52 Å². The van der Waals surface area contributed by atoms with Crippen LogP contribution in [-0.4, -0.2) is 16.2 Å². The van der Waals surface area contributed by atoms with E-state index in [1.165, 1.54) is 6.07 Å². The van der Waals surface area contributed by atoms with Crippen molar-refractivity contribution in [2.24, 2.45) is 5.92 Å². The molecule has 1 aliphatic carbocycles. The van der Waals surface area contributed by atoms with Crippen LogP contribution in [-0.2, 0) is 12.8 Å². The number of amides is 1. The Balaban J connectivity index is 1.83. The predicted molar refractivity (Wildman–Crippen MR) is 73.8 cm³/mol. The zero-order chi connectivity index (χ0) is 14.1. The summed E-state index contributed by atoms with van der Waals surface area (Å²) in [5.74, 6) is 1.17. The number of anilines is 1. The largest absolute Gasteiger partial charge is 0.508 e. The normalized spacial score (nSPS) is 17.6. The molecule has 0 fully saturated rings. The predicted octanol–water partition coefficient (Wildman–Crippen LogP) is 2.76. The maximum absolute atomic E-state index is 12.2. The Morgan fingerprint density at radius 3 is 3.15 bits per heavy atom. The van der Waals surface area contributed by atoms with E-state index in [0.29, 0.717) is 17.3 Å². The molecule has 0 radical (unpaired) electrons. The first kappa shape index (κ1) is 12.7. The van der Waals surface area contributed by atoms with E-state index >= 15 is 0 Å². The van der Waals surface area contributed by atoms with Crippen molar-refractivity contribution in [1.82, 2.24) is 5.16 Å². The van der Waals surface area contributed by atoms with Crippen molar-refractivity contribution in [1.29, 1.82) is 0 Å². The summed E-state index contributed by atoms with van der Waals surface area (Å²) in [7, 11) is 0. The summed E-state index contributed by atoms with van der Waals surface area (Å²) in [6, 6.07) is 6.43. The van der Waals surface area contributed by atoms with Gasteiger partial charge in [-0.25, -0.2) is 0 Å². The Labute approximate surface area is 116 Å². The van der Waals surface area contributed by atoms with Crippen LogP contribution in [0.25, 0.3) is 0 Å². The monoisotopic (exact) mass is 272 g/mol. The van der Waals surface area contributed by atoms with Crippen LogP contribution in [0.4, 0.5) is 5.69 Å². The van der Waals surface area contributed by atoms with E-state index in [-0.39, 0.29) is 11.7 Å². The van der Waals surface area contributed by atoms with Gasteiger partial charge in [0.05, 0.1) is 0 Å². The number of aromatic nitrogens is 1. The minimum atomic E-state index is -0.297. The number of hydrogen-bond donors (Lipinski definition) is 2. The van der Waals surface area contributed by atoms with Crippen molar-refractivity contribution in [3.63, 3.8) is 0 Å². The molecule has 20 heavy (non-hydrogen) atoms. The molecule has 0 unspecified atom stereocenters. The van der Waals surface area contributed by atoms with E-state index in [1.807, 2.05) is 0 Å². The molecule has 2 N–H and O–H groups in total. The SMILES string of the molecule is C[C@@H]1CCc2onc(C(=O)Nc3cccc(O)c3)c2C1. The summed E-state index contributed by atoms with van der Waals surface area (Å²) in [6.07, 6.45) is 2.72. The number of aromatic hydroxyl groups is 1. The van der Waals surface area contributed by atoms with Crippen LogP contribution >= 0.6 is 0 Å². The van der Waals surface area contributed by atoms with Crippen LogP contribution in [0.3, 0.4) is 0 Å². The van der Waals surface area contributed by atoms with Crippen molar-refractivity contribution >= 4 is 11.6 Å². The fourth-order valence-electron chi connectivity index (χ4n) is 2.53. The third-order valence-corrected chi connectivity index (χ3v) is 3.61. The quantitative estimate of drug-likeness (QED) is 0.881. The number of rotatable bonds is 2. The Morgan fingerprint density at radius 1 is 1.50 bits per heavy atom. The van der Waals surface area contributed by atoms with Crippen molar-refractivity contribution in [2.75, 3.05) is 5.32 Å². The van der Waals surface area contributed by atoms with Gasteiger partial charge in [-0.3, -0.25) is 4.79 Å². The number of carbonyl (C=O) groups is 1. The Kier molecular flexibility index (Phi) is 3.18. The van der Waals surface area contributed by atoms with E-state index in [1.54, 1.807) is 18.2 Å². The molecule has 3 rings (SSSR count). The zero-order valence-corrected chi connectivity index (χ0v) is 11.2. The molecule has 0 saturated heterocycles. The molecule has 1 aromatic heterocycles. The minimum Gasteiger partial charge on any atom is -0.508 e. The standard InChI is InChI=1S/C15H16N2O3/c1-9-5-6-13-12(7-9)14(17-20-13)15(19)16-10-3-2-4-11(18)8-10/h2-4,8-9,18H,5-7H2,1H3,(H,16,19)/t9-/m1/s1. The topological polar surface area (TPSA) is 75.4 Å². The first-order chi connectivity index (χ1) is 9.63. The van der Waals surface area contributed by atoms with Gasteiger partial charge in [0, 0.05) is 23.7 Å². The molecule has 0 saturated carbocycles. The van der Waals surface area contributed by atoms with Gasteiger partial charge in [-0.15, -0.1) is 0 Å². The van der Waals surface area contributed by atoms with Crippen LogP contribution in [0.1, 0.15) is 35.2 Å². The molecule has 1 heterocycles. The number of phenolic OH excluding ortho intramolecular Hbond substituents is 1. The summed E-state index contributed by atoms with van der Waals surface area (Å²) in [4.78, 5) is 12.2. The molecule has 1 aromatic carbocycles. The number of fused-ring (bicyclic) bond motifs is 1. The number of benzene rings is 1. The third kappa shape index (κ3) is 2.39. The Morgan fingerprint density at radius 2 is 2.35 bits per heavy atom. The molecule has 5 heteroatoms. The summed E-state index contributed by atoms with van der Waals surface area (Å²) >= 11 is 0. The highest BCUT2D eigenvalue weighted by Gasteiger charge is 2.26. The average Bonchev–Trinajstić information content (AvgIpc) is 2.81. The molecular weight excluding hydrogens is 256 g/mol. The fraction of sp³-hybridized carbons (Fsp3) is 0.333. The van der Waals surface area contributed by atoms with Gasteiger partial charge in [-0.2, -0.15) is 0 Å². The highest BCUT2D eigenvalue weighted by molar-refractivity contribution is 6.04. The van der Waals surface area contributed by atoms with Crippen LogP contribution in [0.5, 0.6) is 5.75 Å². The number of hydrogen-bond acceptors (Lipinski definition) is 4. The summed E-state index contributed by atoms with van der Waals surface area (Å²) < 4.78 is 5.26. The van der Waals surface area contributed by atoms with E-state index in [9.17, 15) is 9.90 Å². The fourth-order valence-corrected chi connectivity index (χ4v) is 2.53. The zero-order valence-electron chi connectivity index (χ0n) is 11.2. The lowest BCUT2D eigenvalue weighted by molar-refractivity contribution is 0.101. The molecule has 104 valence electrons. The number of phenols is 1. The second-order valence-corrected chi connectivity index (χ2v) is 5.29. The molecular formula is C15H16N2O3. The second-order valence-electron chi connectivity index (χ2n) is 5.29. The molecule has 1 aliphatic rings. The molecule has 0 aliphatic heterocycles. The number of aryl methyl sites for hydroxylation is 1. The van der Waals surface area contributed by atoms with Crippen molar-refractivity contribution in [2.45, 2.75) is 26.2 Å². The number of carbonyl (C=O) groups excluding carboxylic acids is 1.